The van der Waals surface area contributed by atoms with E-state index in [0.717, 1.165) is 54.7 Å². The number of unbranched alkanes of at least 4 members (excludes halogenated alkanes) is 2. The number of aliphatic hydroxyl groups excluding tert-OH is 1. The minimum Gasteiger partial charge on any atom is -0.507 e. The zero-order valence-corrected chi connectivity index (χ0v) is 19.6. The van der Waals surface area contributed by atoms with Gasteiger partial charge in [-0.05, 0) is 60.7 Å². The maximum Gasteiger partial charge on any atom is 0.295 e. The van der Waals surface area contributed by atoms with E-state index in [9.17, 15) is 14.7 Å². The van der Waals surface area contributed by atoms with Crippen molar-refractivity contribution in [2.24, 2.45) is 0 Å². The van der Waals surface area contributed by atoms with Gasteiger partial charge in [-0.25, -0.2) is 0 Å². The Morgan fingerprint density at radius 1 is 1.12 bits per heavy atom. The van der Waals surface area contributed by atoms with Crippen LogP contribution >= 0.6 is 0 Å². The van der Waals surface area contributed by atoms with Gasteiger partial charge in [-0.1, -0.05) is 31.9 Å². The summed E-state index contributed by atoms with van der Waals surface area (Å²) in [5.41, 5.74) is 3.55. The zero-order chi connectivity index (χ0) is 23.5. The Morgan fingerprint density at radius 2 is 1.88 bits per heavy atom. The third-order valence-electron chi connectivity index (χ3n) is 6.45. The quantitative estimate of drug-likeness (QED) is 0.288. The molecule has 1 fully saturated rings. The number of Topliss-reactive ketones (excluding diaryl/α,β-unsaturated/α-hetero) is 1. The molecular formula is C27H32N2O4. The highest BCUT2D eigenvalue weighted by Gasteiger charge is 2.45. The molecular weight excluding hydrogens is 416 g/mol. The molecule has 0 aromatic heterocycles. The number of ketones is 1. The fraction of sp³-hybridized carbons (Fsp3) is 0.407. The van der Waals surface area contributed by atoms with Crippen molar-refractivity contribution in [2.45, 2.75) is 45.1 Å². The minimum atomic E-state index is -0.625. The molecule has 1 amide bonds. The Kier molecular flexibility index (Phi) is 6.72. The highest BCUT2D eigenvalue weighted by Crippen LogP contribution is 2.40. The lowest BCUT2D eigenvalue weighted by atomic mass is 9.93. The number of carbonyl (C=O) groups is 2. The van der Waals surface area contributed by atoms with E-state index in [1.165, 1.54) is 0 Å². The number of likely N-dealkylation sites (tertiary alicyclic amines) is 1. The number of nitrogens with zero attached hydrogens (tertiary/aromatic N) is 2. The summed E-state index contributed by atoms with van der Waals surface area (Å²) in [5.74, 6) is -0.481. The van der Waals surface area contributed by atoms with Gasteiger partial charge in [-0.3, -0.25) is 9.59 Å². The predicted octanol–water partition coefficient (Wildman–Crippen LogP) is 4.69. The number of aliphatic hydroxyl groups is 1. The summed E-state index contributed by atoms with van der Waals surface area (Å²) in [7, 11) is 3.93. The van der Waals surface area contributed by atoms with E-state index >= 15 is 0 Å². The number of benzene rings is 2. The van der Waals surface area contributed by atoms with Crippen LogP contribution in [0.4, 0.5) is 5.69 Å². The van der Waals surface area contributed by atoms with Crippen molar-refractivity contribution in [3.05, 3.63) is 64.7 Å². The molecule has 6 nitrogen and oxygen atoms in total. The summed E-state index contributed by atoms with van der Waals surface area (Å²) in [5, 5.41) is 11.3. The highest BCUT2D eigenvalue weighted by atomic mass is 16.5. The van der Waals surface area contributed by atoms with Crippen molar-refractivity contribution in [3.8, 4) is 5.75 Å². The number of hydrogen-bond acceptors (Lipinski definition) is 5. The minimum absolute atomic E-state index is 0.124. The number of amides is 1. The molecule has 2 aromatic rings. The average molecular weight is 449 g/mol. The second-order valence-electron chi connectivity index (χ2n) is 8.96. The van der Waals surface area contributed by atoms with Crippen LogP contribution in [0.25, 0.3) is 5.76 Å². The summed E-state index contributed by atoms with van der Waals surface area (Å²) >= 11 is 0. The van der Waals surface area contributed by atoms with Crippen molar-refractivity contribution < 1.29 is 19.4 Å². The number of fused-ring (bicyclic) bond motifs is 1. The SMILES string of the molecule is CCCCCN1C(=O)C(=O)/C(=C(\O)c2ccc3c(c2)CCCO3)C1c1ccc(N(C)C)cc1. The summed E-state index contributed by atoms with van der Waals surface area (Å²) in [6, 6.07) is 12.7. The topological polar surface area (TPSA) is 70.1 Å². The Labute approximate surface area is 195 Å². The lowest BCUT2D eigenvalue weighted by Crippen LogP contribution is -2.30. The molecule has 2 aliphatic rings. The number of ether oxygens (including phenoxy) is 1. The monoisotopic (exact) mass is 448 g/mol. The van der Waals surface area contributed by atoms with Gasteiger partial charge in [0, 0.05) is 31.9 Å². The molecule has 1 atom stereocenters. The Hall–Kier alpha value is -3.28. The first-order valence-electron chi connectivity index (χ1n) is 11.7. The van der Waals surface area contributed by atoms with Crippen LogP contribution in [0, 0.1) is 0 Å². The van der Waals surface area contributed by atoms with Gasteiger partial charge in [0.05, 0.1) is 18.2 Å². The van der Waals surface area contributed by atoms with E-state index < -0.39 is 17.7 Å². The number of rotatable bonds is 7. The van der Waals surface area contributed by atoms with E-state index in [1.54, 1.807) is 11.0 Å². The second kappa shape index (κ2) is 9.69. The van der Waals surface area contributed by atoms with E-state index in [-0.39, 0.29) is 11.3 Å². The molecule has 0 spiro atoms. The predicted molar refractivity (Wildman–Crippen MR) is 130 cm³/mol. The molecule has 6 heteroatoms. The fourth-order valence-electron chi connectivity index (χ4n) is 4.61. The lowest BCUT2D eigenvalue weighted by molar-refractivity contribution is -0.139. The van der Waals surface area contributed by atoms with Gasteiger partial charge < -0.3 is 19.6 Å². The first-order chi connectivity index (χ1) is 15.9. The molecule has 0 aliphatic carbocycles. The maximum absolute atomic E-state index is 13.2. The Balaban J connectivity index is 1.79. The van der Waals surface area contributed by atoms with E-state index in [0.29, 0.717) is 18.7 Å². The van der Waals surface area contributed by atoms with Gasteiger partial charge in [-0.15, -0.1) is 0 Å². The van der Waals surface area contributed by atoms with Gasteiger partial charge in [0.1, 0.15) is 11.5 Å². The zero-order valence-electron chi connectivity index (χ0n) is 19.6. The smallest absolute Gasteiger partial charge is 0.295 e. The van der Waals surface area contributed by atoms with Crippen molar-refractivity contribution in [2.75, 3.05) is 32.1 Å². The van der Waals surface area contributed by atoms with Crippen molar-refractivity contribution in [3.63, 3.8) is 0 Å². The first kappa shape index (κ1) is 22.9. The summed E-state index contributed by atoms with van der Waals surface area (Å²) < 4.78 is 5.68. The van der Waals surface area contributed by atoms with Crippen molar-refractivity contribution in [1.82, 2.24) is 4.90 Å². The van der Waals surface area contributed by atoms with Crippen LogP contribution in [-0.2, 0) is 16.0 Å². The molecule has 2 aromatic carbocycles. The number of aryl methyl sites for hydroxylation is 1. The third-order valence-corrected chi connectivity index (χ3v) is 6.45. The van der Waals surface area contributed by atoms with Crippen LogP contribution in [0.1, 0.15) is 55.3 Å². The molecule has 1 saturated heterocycles. The van der Waals surface area contributed by atoms with Crippen LogP contribution in [0.5, 0.6) is 5.75 Å². The molecule has 174 valence electrons. The molecule has 0 radical (unpaired) electrons. The largest absolute Gasteiger partial charge is 0.507 e. The standard InChI is InChI=1S/C27H32N2O4/c1-4-5-6-15-29-24(18-9-12-21(13-10-18)28(2)3)23(26(31)27(29)32)25(30)20-11-14-22-19(17-20)8-7-16-33-22/h9-14,17,24,30H,4-8,15-16H2,1-3H3/b25-23-. The Bertz CT molecular complexity index is 1070. The molecule has 33 heavy (non-hydrogen) atoms. The number of anilines is 1. The van der Waals surface area contributed by atoms with Crippen LogP contribution in [-0.4, -0.2) is 48.9 Å². The summed E-state index contributed by atoms with van der Waals surface area (Å²) in [6.07, 6.45) is 4.57. The fourth-order valence-corrected chi connectivity index (χ4v) is 4.61. The number of hydrogen-bond donors (Lipinski definition) is 1. The van der Waals surface area contributed by atoms with Gasteiger partial charge in [-0.2, -0.15) is 0 Å². The second-order valence-corrected chi connectivity index (χ2v) is 8.96. The average Bonchev–Trinajstić information content (AvgIpc) is 3.08. The first-order valence-corrected chi connectivity index (χ1v) is 11.7. The van der Waals surface area contributed by atoms with Crippen LogP contribution in [0.2, 0.25) is 0 Å². The highest BCUT2D eigenvalue weighted by molar-refractivity contribution is 6.46. The van der Waals surface area contributed by atoms with Gasteiger partial charge in [0.25, 0.3) is 11.7 Å². The van der Waals surface area contributed by atoms with Crippen LogP contribution in [0.15, 0.2) is 48.0 Å². The maximum atomic E-state index is 13.2. The van der Waals surface area contributed by atoms with Crippen LogP contribution in [0.3, 0.4) is 0 Å². The van der Waals surface area contributed by atoms with E-state index in [2.05, 4.69) is 6.92 Å². The van der Waals surface area contributed by atoms with Gasteiger partial charge in [0.15, 0.2) is 0 Å². The van der Waals surface area contributed by atoms with E-state index in [4.69, 9.17) is 4.74 Å². The van der Waals surface area contributed by atoms with Gasteiger partial charge in [0.2, 0.25) is 0 Å². The van der Waals surface area contributed by atoms with Crippen molar-refractivity contribution in [1.29, 1.82) is 0 Å². The normalized spacial score (nSPS) is 19.4. The molecule has 2 heterocycles. The molecule has 0 saturated carbocycles. The summed E-state index contributed by atoms with van der Waals surface area (Å²) in [6.45, 7) is 3.27. The molecule has 1 N–H and O–H groups in total. The van der Waals surface area contributed by atoms with Crippen molar-refractivity contribution >= 4 is 23.1 Å². The lowest BCUT2D eigenvalue weighted by Gasteiger charge is -2.26. The molecule has 0 bridgehead atoms. The summed E-state index contributed by atoms with van der Waals surface area (Å²) in [4.78, 5) is 29.8. The molecule has 4 rings (SSSR count). The third kappa shape index (κ3) is 4.47. The van der Waals surface area contributed by atoms with E-state index in [1.807, 2.05) is 55.4 Å². The van der Waals surface area contributed by atoms with Gasteiger partial charge >= 0.3 is 0 Å². The molecule has 1 unspecified atom stereocenters. The molecule has 2 aliphatic heterocycles. The number of carbonyl (C=O) groups excluding carboxylic acids is 2. The Morgan fingerprint density at radius 3 is 2.58 bits per heavy atom. The van der Waals surface area contributed by atoms with Crippen LogP contribution < -0.4 is 9.64 Å².